The van der Waals surface area contributed by atoms with Gasteiger partial charge in [-0.1, -0.05) is 30.3 Å². The molecule has 2 N–H and O–H groups in total. The third-order valence-electron chi connectivity index (χ3n) is 2.56. The highest BCUT2D eigenvalue weighted by Crippen LogP contribution is 2.25. The maximum Gasteiger partial charge on any atom is 0.292 e. The van der Waals surface area contributed by atoms with Gasteiger partial charge in [-0.15, -0.1) is 0 Å². The van der Waals surface area contributed by atoms with Crippen LogP contribution in [-0.4, -0.2) is 10.0 Å². The predicted molar refractivity (Wildman–Crippen MR) is 68.5 cm³/mol. The molecule has 0 saturated carbocycles. The molecule has 2 rings (SSSR count). The van der Waals surface area contributed by atoms with Crippen LogP contribution in [0.4, 0.5) is 11.4 Å². The first-order chi connectivity index (χ1) is 8.68. The van der Waals surface area contributed by atoms with Crippen LogP contribution < -0.4 is 5.32 Å². The molecule has 92 valence electrons. The van der Waals surface area contributed by atoms with E-state index in [1.165, 1.54) is 6.07 Å². The van der Waals surface area contributed by atoms with Crippen molar-refractivity contribution in [1.29, 1.82) is 0 Å². The lowest BCUT2D eigenvalue weighted by Gasteiger charge is -2.08. The van der Waals surface area contributed by atoms with Gasteiger partial charge in [-0.05, 0) is 12.1 Å². The van der Waals surface area contributed by atoms with Crippen LogP contribution in [0.15, 0.2) is 48.5 Å². The molecule has 0 aliphatic rings. The lowest BCUT2D eigenvalue weighted by Crippen LogP contribution is -2.02. The zero-order valence-electron chi connectivity index (χ0n) is 9.54. The monoisotopic (exact) mass is 244 g/mol. The van der Waals surface area contributed by atoms with Crippen LogP contribution in [0.3, 0.4) is 0 Å². The summed E-state index contributed by atoms with van der Waals surface area (Å²) in [5.74, 6) is 0.170. The van der Waals surface area contributed by atoms with Crippen molar-refractivity contribution in [1.82, 2.24) is 0 Å². The second-order valence-corrected chi connectivity index (χ2v) is 3.76. The number of hydrogen-bond acceptors (Lipinski definition) is 4. The summed E-state index contributed by atoms with van der Waals surface area (Å²) in [5, 5.41) is 23.4. The van der Waals surface area contributed by atoms with Crippen LogP contribution in [-0.2, 0) is 6.54 Å². The van der Waals surface area contributed by atoms with Crippen molar-refractivity contribution in [2.24, 2.45) is 0 Å². The number of phenols is 1. The molecular weight excluding hydrogens is 232 g/mol. The summed E-state index contributed by atoms with van der Waals surface area (Å²) in [7, 11) is 0. The van der Waals surface area contributed by atoms with Gasteiger partial charge in [0.05, 0.1) is 4.92 Å². The molecule has 2 aromatic rings. The smallest absolute Gasteiger partial charge is 0.292 e. The highest BCUT2D eigenvalue weighted by molar-refractivity contribution is 5.61. The number of aromatic hydroxyl groups is 1. The molecule has 0 bridgehead atoms. The number of nitro benzene ring substituents is 1. The second-order valence-electron chi connectivity index (χ2n) is 3.76. The third kappa shape index (κ3) is 2.57. The Balaban J connectivity index is 2.16. The van der Waals surface area contributed by atoms with Gasteiger partial charge in [-0.25, -0.2) is 0 Å². The number of hydrogen-bond donors (Lipinski definition) is 2. The number of para-hydroxylation sites is 3. The van der Waals surface area contributed by atoms with Gasteiger partial charge < -0.3 is 10.4 Å². The van der Waals surface area contributed by atoms with Crippen LogP contribution in [0.1, 0.15) is 5.56 Å². The van der Waals surface area contributed by atoms with Crippen molar-refractivity contribution in [3.63, 3.8) is 0 Å². The van der Waals surface area contributed by atoms with E-state index >= 15 is 0 Å². The van der Waals surface area contributed by atoms with Crippen LogP contribution in [0.25, 0.3) is 0 Å². The van der Waals surface area contributed by atoms with Gasteiger partial charge in [0.15, 0.2) is 0 Å². The molecule has 0 fully saturated rings. The van der Waals surface area contributed by atoms with Crippen molar-refractivity contribution in [2.75, 3.05) is 5.32 Å². The predicted octanol–water partition coefficient (Wildman–Crippen LogP) is 2.91. The summed E-state index contributed by atoms with van der Waals surface area (Å²) in [5.41, 5.74) is 1.15. The largest absolute Gasteiger partial charge is 0.508 e. The molecular formula is C13H12N2O3. The fourth-order valence-corrected chi connectivity index (χ4v) is 1.63. The van der Waals surface area contributed by atoms with Crippen molar-refractivity contribution in [3.05, 3.63) is 64.2 Å². The lowest BCUT2D eigenvalue weighted by molar-refractivity contribution is -0.384. The van der Waals surface area contributed by atoms with E-state index in [9.17, 15) is 15.2 Å². The Morgan fingerprint density at radius 2 is 1.78 bits per heavy atom. The maximum atomic E-state index is 10.8. The van der Waals surface area contributed by atoms with E-state index in [-0.39, 0.29) is 11.4 Å². The molecule has 5 heteroatoms. The Morgan fingerprint density at radius 3 is 2.50 bits per heavy atom. The first kappa shape index (κ1) is 11.9. The molecule has 0 aromatic heterocycles. The zero-order chi connectivity index (χ0) is 13.0. The third-order valence-corrected chi connectivity index (χ3v) is 2.56. The van der Waals surface area contributed by atoms with E-state index in [4.69, 9.17) is 0 Å². The highest BCUT2D eigenvalue weighted by atomic mass is 16.6. The number of phenolic OH excluding ortho intramolecular Hbond substituents is 1. The highest BCUT2D eigenvalue weighted by Gasteiger charge is 2.11. The summed E-state index contributed by atoms with van der Waals surface area (Å²) in [6.07, 6.45) is 0. The Kier molecular flexibility index (Phi) is 3.43. The molecule has 0 radical (unpaired) electrons. The minimum atomic E-state index is -0.437. The fraction of sp³-hybridized carbons (Fsp3) is 0.0769. The van der Waals surface area contributed by atoms with E-state index in [1.807, 2.05) is 0 Å². The van der Waals surface area contributed by atoms with Crippen molar-refractivity contribution in [2.45, 2.75) is 6.54 Å². The summed E-state index contributed by atoms with van der Waals surface area (Å²) in [6, 6.07) is 13.3. The Hall–Kier alpha value is -2.56. The second kappa shape index (κ2) is 5.18. The van der Waals surface area contributed by atoms with Gasteiger partial charge in [0.25, 0.3) is 5.69 Å². The molecule has 0 saturated heterocycles. The Bertz CT molecular complexity index is 570. The Labute approximate surface area is 104 Å². The average Bonchev–Trinajstić information content (AvgIpc) is 2.38. The number of nitro groups is 1. The van der Waals surface area contributed by atoms with Gasteiger partial charge in [0.2, 0.25) is 0 Å². The number of anilines is 1. The van der Waals surface area contributed by atoms with Crippen molar-refractivity contribution >= 4 is 11.4 Å². The van der Waals surface area contributed by atoms with Gasteiger partial charge >= 0.3 is 0 Å². The SMILES string of the molecule is O=[N+]([O-])c1ccccc1NCc1ccccc1O. The van der Waals surface area contributed by atoms with E-state index in [1.54, 1.807) is 42.5 Å². The van der Waals surface area contributed by atoms with Gasteiger partial charge in [-0.3, -0.25) is 10.1 Å². The molecule has 0 aliphatic carbocycles. The Morgan fingerprint density at radius 1 is 1.11 bits per heavy atom. The van der Waals surface area contributed by atoms with E-state index in [0.717, 1.165) is 0 Å². The van der Waals surface area contributed by atoms with Gasteiger partial charge in [-0.2, -0.15) is 0 Å². The number of rotatable bonds is 4. The summed E-state index contributed by atoms with van der Waals surface area (Å²) in [4.78, 5) is 10.4. The molecule has 18 heavy (non-hydrogen) atoms. The van der Waals surface area contributed by atoms with Crippen LogP contribution >= 0.6 is 0 Å². The number of benzene rings is 2. The van der Waals surface area contributed by atoms with Crippen LogP contribution in [0.2, 0.25) is 0 Å². The van der Waals surface area contributed by atoms with Gasteiger partial charge in [0.1, 0.15) is 11.4 Å². The first-order valence-corrected chi connectivity index (χ1v) is 5.42. The standard InChI is InChI=1S/C13H12N2O3/c16-13-8-4-1-5-10(13)9-14-11-6-2-3-7-12(11)15(17)18/h1-8,14,16H,9H2. The molecule has 0 spiro atoms. The summed E-state index contributed by atoms with van der Waals surface area (Å²) in [6.45, 7) is 0.331. The van der Waals surface area contributed by atoms with E-state index in [0.29, 0.717) is 17.8 Å². The summed E-state index contributed by atoms with van der Waals surface area (Å²) < 4.78 is 0. The molecule has 2 aromatic carbocycles. The van der Waals surface area contributed by atoms with E-state index < -0.39 is 4.92 Å². The van der Waals surface area contributed by atoms with Crippen molar-refractivity contribution in [3.8, 4) is 5.75 Å². The normalized spacial score (nSPS) is 10.0. The van der Waals surface area contributed by atoms with Gasteiger partial charge in [0, 0.05) is 18.2 Å². The quantitative estimate of drug-likeness (QED) is 0.640. The number of nitrogens with zero attached hydrogens (tertiary/aromatic N) is 1. The van der Waals surface area contributed by atoms with E-state index in [2.05, 4.69) is 5.32 Å². The van der Waals surface area contributed by atoms with Crippen molar-refractivity contribution < 1.29 is 10.0 Å². The minimum Gasteiger partial charge on any atom is -0.508 e. The first-order valence-electron chi connectivity index (χ1n) is 5.42. The minimum absolute atomic E-state index is 0.0212. The molecule has 0 aliphatic heterocycles. The molecule has 0 unspecified atom stereocenters. The van der Waals surface area contributed by atoms with Crippen LogP contribution in [0, 0.1) is 10.1 Å². The number of nitrogens with one attached hydrogen (secondary N) is 1. The molecule has 0 heterocycles. The topological polar surface area (TPSA) is 75.4 Å². The molecule has 0 amide bonds. The molecule has 5 nitrogen and oxygen atoms in total. The fourth-order valence-electron chi connectivity index (χ4n) is 1.63. The average molecular weight is 244 g/mol. The zero-order valence-corrected chi connectivity index (χ0v) is 9.54. The maximum absolute atomic E-state index is 10.8. The lowest BCUT2D eigenvalue weighted by atomic mass is 10.2. The molecule has 0 atom stereocenters. The summed E-state index contributed by atoms with van der Waals surface area (Å²) >= 11 is 0. The van der Waals surface area contributed by atoms with Crippen LogP contribution in [0.5, 0.6) is 5.75 Å².